The second kappa shape index (κ2) is 7.33. The van der Waals surface area contributed by atoms with Crippen molar-refractivity contribution in [2.75, 3.05) is 25.6 Å². The Bertz CT molecular complexity index is 392. The third-order valence-electron chi connectivity index (χ3n) is 2.66. The molecule has 0 saturated carbocycles. The molecule has 1 heterocycles. The van der Waals surface area contributed by atoms with Crippen molar-refractivity contribution in [1.82, 2.24) is 10.2 Å². The highest BCUT2D eigenvalue weighted by Crippen LogP contribution is 2.00. The number of furan rings is 1. The molecule has 102 valence electrons. The maximum absolute atomic E-state index is 11.7. The molecule has 1 amide bonds. The minimum Gasteiger partial charge on any atom is -0.467 e. The fourth-order valence-electron chi connectivity index (χ4n) is 1.50. The van der Waals surface area contributed by atoms with Gasteiger partial charge in [-0.15, -0.1) is 0 Å². The quantitative estimate of drug-likeness (QED) is 0.789. The van der Waals surface area contributed by atoms with Crippen LogP contribution in [0.3, 0.4) is 0 Å². The minimum atomic E-state index is -0.847. The molecule has 0 unspecified atom stereocenters. The minimum absolute atomic E-state index is 0.0670. The molecule has 0 spiro atoms. The number of carbonyl (C=O) groups excluding carboxylic acids is 1. The first kappa shape index (κ1) is 14.9. The Morgan fingerprint density at radius 1 is 1.61 bits per heavy atom. The van der Waals surface area contributed by atoms with Crippen molar-refractivity contribution in [3.63, 3.8) is 0 Å². The zero-order valence-electron chi connectivity index (χ0n) is 11.0. The molecular formula is C12H20N2O3S. The molecule has 1 aromatic rings. The van der Waals surface area contributed by atoms with Gasteiger partial charge >= 0.3 is 0 Å². The first-order valence-electron chi connectivity index (χ1n) is 5.78. The summed E-state index contributed by atoms with van der Waals surface area (Å²) in [4.78, 5) is 13.6. The number of hydrogen-bond acceptors (Lipinski definition) is 4. The molecule has 0 aliphatic rings. The van der Waals surface area contributed by atoms with Gasteiger partial charge in [0.15, 0.2) is 0 Å². The van der Waals surface area contributed by atoms with E-state index in [2.05, 4.69) is 5.32 Å². The number of amides is 1. The highest BCUT2D eigenvalue weighted by atomic mass is 32.2. The molecule has 6 heteroatoms. The summed E-state index contributed by atoms with van der Waals surface area (Å²) in [6, 6.07) is 3.71. The van der Waals surface area contributed by atoms with Crippen LogP contribution in [0.1, 0.15) is 12.7 Å². The van der Waals surface area contributed by atoms with Crippen LogP contribution in [-0.2, 0) is 22.1 Å². The Morgan fingerprint density at radius 2 is 2.33 bits per heavy atom. The van der Waals surface area contributed by atoms with Gasteiger partial charge in [0.25, 0.3) is 0 Å². The average molecular weight is 272 g/mol. The van der Waals surface area contributed by atoms with Crippen molar-refractivity contribution in [1.29, 1.82) is 0 Å². The highest BCUT2D eigenvalue weighted by Gasteiger charge is 2.14. The number of nitrogens with zero attached hydrogens (tertiary/aromatic N) is 1. The highest BCUT2D eigenvalue weighted by molar-refractivity contribution is 7.84. The molecule has 2 atom stereocenters. The molecule has 0 aromatic carbocycles. The normalized spacial score (nSPS) is 14.4. The molecule has 18 heavy (non-hydrogen) atoms. The smallest absolute Gasteiger partial charge is 0.234 e. The summed E-state index contributed by atoms with van der Waals surface area (Å²) >= 11 is 0. The summed E-state index contributed by atoms with van der Waals surface area (Å²) in [6.45, 7) is 2.65. The largest absolute Gasteiger partial charge is 0.467 e. The molecule has 0 saturated heterocycles. The third-order valence-corrected chi connectivity index (χ3v) is 3.61. The summed E-state index contributed by atoms with van der Waals surface area (Å²) in [7, 11) is 1.00. The molecule has 0 fully saturated rings. The van der Waals surface area contributed by atoms with Gasteiger partial charge in [-0.2, -0.15) is 0 Å². The van der Waals surface area contributed by atoms with Crippen LogP contribution < -0.4 is 5.32 Å². The summed E-state index contributed by atoms with van der Waals surface area (Å²) in [5.41, 5.74) is 0. The number of likely N-dealkylation sites (N-methyl/N-ethyl adjacent to an activating group) is 1. The number of nitrogens with one attached hydrogen (secondary N) is 1. The van der Waals surface area contributed by atoms with Crippen molar-refractivity contribution in [2.45, 2.75) is 19.5 Å². The van der Waals surface area contributed by atoms with Gasteiger partial charge in [-0.25, -0.2) is 0 Å². The van der Waals surface area contributed by atoms with Crippen LogP contribution in [-0.4, -0.2) is 46.7 Å². The maximum Gasteiger partial charge on any atom is 0.234 e. The molecule has 0 aliphatic heterocycles. The maximum atomic E-state index is 11.7. The van der Waals surface area contributed by atoms with Crippen molar-refractivity contribution < 1.29 is 13.4 Å². The van der Waals surface area contributed by atoms with E-state index >= 15 is 0 Å². The third kappa shape index (κ3) is 5.46. The van der Waals surface area contributed by atoms with Gasteiger partial charge in [-0.1, -0.05) is 0 Å². The van der Waals surface area contributed by atoms with E-state index in [1.54, 1.807) is 18.6 Å². The molecule has 1 N–H and O–H groups in total. The van der Waals surface area contributed by atoms with Gasteiger partial charge in [-0.05, 0) is 26.1 Å². The average Bonchev–Trinajstić information content (AvgIpc) is 2.78. The number of rotatable bonds is 7. The second-order valence-electron chi connectivity index (χ2n) is 4.36. The lowest BCUT2D eigenvalue weighted by molar-refractivity contribution is -0.122. The van der Waals surface area contributed by atoms with Gasteiger partial charge in [0, 0.05) is 28.9 Å². The van der Waals surface area contributed by atoms with Crippen molar-refractivity contribution >= 4 is 16.7 Å². The van der Waals surface area contributed by atoms with Gasteiger partial charge in [0.2, 0.25) is 5.91 Å². The Kier molecular flexibility index (Phi) is 6.07. The van der Waals surface area contributed by atoms with Crippen LogP contribution in [0.4, 0.5) is 0 Å². The van der Waals surface area contributed by atoms with E-state index in [1.165, 1.54) is 0 Å². The van der Waals surface area contributed by atoms with Crippen LogP contribution >= 0.6 is 0 Å². The van der Waals surface area contributed by atoms with E-state index in [-0.39, 0.29) is 11.9 Å². The lowest BCUT2D eigenvalue weighted by atomic mass is 10.3. The standard InChI is InChI=1S/C12H20N2O3S/c1-10(9-18(3)16)14(2)8-12(15)13-7-11-5-4-6-17-11/h4-6,10H,7-9H2,1-3H3,(H,13,15)/t10-,18+/m0/s1. The molecule has 0 bridgehead atoms. The van der Waals surface area contributed by atoms with Gasteiger partial charge in [-0.3, -0.25) is 13.9 Å². The SMILES string of the molecule is C[C@@H](C[S@@](C)=O)N(C)CC(=O)NCc1ccco1. The molecule has 0 radical (unpaired) electrons. The molecule has 0 aliphatic carbocycles. The van der Waals surface area contributed by atoms with Gasteiger partial charge < -0.3 is 9.73 Å². The lowest BCUT2D eigenvalue weighted by Gasteiger charge is -2.23. The Balaban J connectivity index is 2.28. The monoisotopic (exact) mass is 272 g/mol. The van der Waals surface area contributed by atoms with E-state index in [1.807, 2.05) is 24.9 Å². The van der Waals surface area contributed by atoms with E-state index in [9.17, 15) is 9.00 Å². The Labute approximate surface area is 110 Å². The van der Waals surface area contributed by atoms with E-state index in [4.69, 9.17) is 4.42 Å². The van der Waals surface area contributed by atoms with Crippen molar-refractivity contribution in [2.24, 2.45) is 0 Å². The van der Waals surface area contributed by atoms with Crippen molar-refractivity contribution in [3.8, 4) is 0 Å². The Morgan fingerprint density at radius 3 is 2.89 bits per heavy atom. The van der Waals surface area contributed by atoms with E-state index in [0.29, 0.717) is 18.8 Å². The van der Waals surface area contributed by atoms with Gasteiger partial charge in [0.1, 0.15) is 5.76 Å². The van der Waals surface area contributed by atoms with Gasteiger partial charge in [0.05, 0.1) is 19.4 Å². The molecule has 5 nitrogen and oxygen atoms in total. The summed E-state index contributed by atoms with van der Waals surface area (Å²) in [5.74, 6) is 1.23. The fourth-order valence-corrected chi connectivity index (χ4v) is 2.44. The molecular weight excluding hydrogens is 252 g/mol. The second-order valence-corrected chi connectivity index (χ2v) is 5.84. The van der Waals surface area contributed by atoms with Crippen LogP contribution in [0.2, 0.25) is 0 Å². The zero-order valence-corrected chi connectivity index (χ0v) is 11.8. The lowest BCUT2D eigenvalue weighted by Crippen LogP contribution is -2.41. The first-order chi connectivity index (χ1) is 8.49. The summed E-state index contributed by atoms with van der Waals surface area (Å²) < 4.78 is 16.2. The van der Waals surface area contributed by atoms with Crippen molar-refractivity contribution in [3.05, 3.63) is 24.2 Å². The van der Waals surface area contributed by atoms with Crippen LogP contribution in [0.25, 0.3) is 0 Å². The molecule has 1 rings (SSSR count). The fraction of sp³-hybridized carbons (Fsp3) is 0.583. The van der Waals surface area contributed by atoms with Crippen LogP contribution in [0.5, 0.6) is 0 Å². The van der Waals surface area contributed by atoms with Crippen LogP contribution in [0.15, 0.2) is 22.8 Å². The number of carbonyl (C=O) groups is 1. The topological polar surface area (TPSA) is 62.6 Å². The first-order valence-corrected chi connectivity index (χ1v) is 7.51. The predicted octanol–water partition coefficient (Wildman–Crippen LogP) is 0.595. The summed E-state index contributed by atoms with van der Waals surface area (Å²) in [6.07, 6.45) is 3.24. The zero-order chi connectivity index (χ0) is 13.5. The predicted molar refractivity (Wildman–Crippen MR) is 71.6 cm³/mol. The van der Waals surface area contributed by atoms with E-state index < -0.39 is 10.8 Å². The Hall–Kier alpha value is -1.14. The van der Waals surface area contributed by atoms with Crippen LogP contribution in [0, 0.1) is 0 Å². The van der Waals surface area contributed by atoms with E-state index in [0.717, 1.165) is 5.76 Å². The molecule has 1 aromatic heterocycles. The number of hydrogen-bond donors (Lipinski definition) is 1. The summed E-state index contributed by atoms with van der Waals surface area (Å²) in [5, 5.41) is 2.77.